The van der Waals surface area contributed by atoms with Gasteiger partial charge in [-0.2, -0.15) is 5.10 Å². The molecule has 2 heterocycles. The van der Waals surface area contributed by atoms with Gasteiger partial charge in [-0.25, -0.2) is 0 Å². The second-order valence-electron chi connectivity index (χ2n) is 4.90. The van der Waals surface area contributed by atoms with E-state index in [0.29, 0.717) is 6.54 Å². The maximum Gasteiger partial charge on any atom is 0.264 e. The molecule has 1 fully saturated rings. The molecule has 1 aromatic heterocycles. The van der Waals surface area contributed by atoms with Gasteiger partial charge in [0.2, 0.25) is 5.88 Å². The third kappa shape index (κ3) is 3.59. The van der Waals surface area contributed by atoms with E-state index in [0.717, 1.165) is 26.2 Å². The molecule has 1 aromatic rings. The molecule has 0 spiro atoms. The number of rotatable bonds is 4. The molecule has 1 aliphatic heterocycles. The number of allylic oxidation sites excluding steroid dienone is 1. The summed E-state index contributed by atoms with van der Waals surface area (Å²) < 4.78 is 1.56. The second-order valence-corrected chi connectivity index (χ2v) is 5.28. The summed E-state index contributed by atoms with van der Waals surface area (Å²) in [5.41, 5.74) is -0.347. The lowest BCUT2D eigenvalue weighted by molar-refractivity contribution is 0.159. The number of hydrogen-bond donors (Lipinski definition) is 2. The van der Waals surface area contributed by atoms with Gasteiger partial charge in [0, 0.05) is 32.7 Å². The van der Waals surface area contributed by atoms with Crippen molar-refractivity contribution in [3.63, 3.8) is 0 Å². The fourth-order valence-electron chi connectivity index (χ4n) is 2.04. The minimum absolute atomic E-state index is 0.101. The van der Waals surface area contributed by atoms with Crippen LogP contribution in [0.1, 0.15) is 5.56 Å². The van der Waals surface area contributed by atoms with E-state index in [2.05, 4.69) is 28.6 Å². The number of H-pyrrole nitrogens is 1. The normalized spacial score (nSPS) is 16.5. The first-order chi connectivity index (χ1) is 10.0. The third-order valence-corrected chi connectivity index (χ3v) is 3.67. The first kappa shape index (κ1) is 15.5. The molecule has 0 radical (unpaired) electrons. The largest absolute Gasteiger partial charge is 0.494 e. The summed E-state index contributed by atoms with van der Waals surface area (Å²) in [6.07, 6.45) is 2.98. The number of hydrazone groups is 1. The molecule has 0 aliphatic carbocycles. The van der Waals surface area contributed by atoms with Crippen molar-refractivity contribution in [1.82, 2.24) is 19.5 Å². The van der Waals surface area contributed by atoms with E-state index in [-0.39, 0.29) is 16.2 Å². The van der Waals surface area contributed by atoms with Gasteiger partial charge in [0.25, 0.3) is 5.56 Å². The summed E-state index contributed by atoms with van der Waals surface area (Å²) in [5.74, 6) is -0.193. The molecule has 114 valence electrons. The Hall–Kier alpha value is -1.93. The van der Waals surface area contributed by atoms with Crippen LogP contribution >= 0.6 is 12.2 Å². The number of nitrogens with zero attached hydrogens (tertiary/aromatic N) is 4. The maximum absolute atomic E-state index is 11.9. The zero-order valence-electron chi connectivity index (χ0n) is 11.9. The van der Waals surface area contributed by atoms with Gasteiger partial charge in [-0.15, -0.1) is 6.58 Å². The van der Waals surface area contributed by atoms with Crippen molar-refractivity contribution in [2.75, 3.05) is 33.2 Å². The van der Waals surface area contributed by atoms with Crippen LogP contribution in [0, 0.1) is 4.77 Å². The standard InChI is InChI=1S/C13H19N5O2S/c1-3-4-18-12(20)10(11(19)15-13(18)21)9-14-17-7-5-16(2)6-8-17/h3,9,20H,1,4-8H2,2H3,(H,15,19,21)/b14-9+. The number of aromatic hydroxyl groups is 1. The number of piperazine rings is 1. The van der Waals surface area contributed by atoms with Gasteiger partial charge >= 0.3 is 0 Å². The van der Waals surface area contributed by atoms with Crippen molar-refractivity contribution in [3.8, 4) is 5.88 Å². The highest BCUT2D eigenvalue weighted by molar-refractivity contribution is 7.71. The van der Waals surface area contributed by atoms with Gasteiger partial charge in [0.1, 0.15) is 5.56 Å². The SMILES string of the molecule is C=CCn1c(O)c(/C=N/N2CCN(C)CC2)c(=O)[nH]c1=S. The van der Waals surface area contributed by atoms with Crippen LogP contribution < -0.4 is 5.56 Å². The molecule has 0 aromatic carbocycles. The Morgan fingerprint density at radius 3 is 2.71 bits per heavy atom. The zero-order chi connectivity index (χ0) is 15.4. The van der Waals surface area contributed by atoms with Gasteiger partial charge in [0.05, 0.1) is 6.21 Å². The molecule has 0 amide bonds. The highest BCUT2D eigenvalue weighted by Gasteiger charge is 2.13. The number of hydrogen-bond acceptors (Lipinski definition) is 6. The maximum atomic E-state index is 11.9. The average Bonchev–Trinajstić information content (AvgIpc) is 2.45. The van der Waals surface area contributed by atoms with Gasteiger partial charge in [-0.1, -0.05) is 6.08 Å². The Morgan fingerprint density at radius 2 is 2.10 bits per heavy atom. The third-order valence-electron chi connectivity index (χ3n) is 3.35. The zero-order valence-corrected chi connectivity index (χ0v) is 12.8. The fraction of sp³-hybridized carbons (Fsp3) is 0.462. The van der Waals surface area contributed by atoms with Crippen molar-refractivity contribution in [1.29, 1.82) is 0 Å². The lowest BCUT2D eigenvalue weighted by Gasteiger charge is -2.30. The minimum atomic E-state index is -0.448. The Kier molecular flexibility index (Phi) is 4.92. The van der Waals surface area contributed by atoms with Crippen LogP contribution in [0.4, 0.5) is 0 Å². The predicted molar refractivity (Wildman–Crippen MR) is 84.4 cm³/mol. The molecule has 7 nitrogen and oxygen atoms in total. The fourth-order valence-corrected chi connectivity index (χ4v) is 2.29. The van der Waals surface area contributed by atoms with E-state index >= 15 is 0 Å². The van der Waals surface area contributed by atoms with Gasteiger partial charge in [-0.05, 0) is 19.3 Å². The second kappa shape index (κ2) is 6.68. The summed E-state index contributed by atoms with van der Waals surface area (Å²) >= 11 is 5.01. The summed E-state index contributed by atoms with van der Waals surface area (Å²) in [7, 11) is 2.05. The molecular formula is C13H19N5O2S. The van der Waals surface area contributed by atoms with E-state index in [1.165, 1.54) is 10.8 Å². The topological polar surface area (TPSA) is 76.9 Å². The molecule has 0 atom stereocenters. The number of nitrogens with one attached hydrogen (secondary N) is 1. The number of likely N-dealkylation sites (N-methyl/N-ethyl adjacent to an activating group) is 1. The monoisotopic (exact) mass is 309 g/mol. The van der Waals surface area contributed by atoms with Crippen LogP contribution in [0.2, 0.25) is 0 Å². The smallest absolute Gasteiger partial charge is 0.264 e. The first-order valence-electron chi connectivity index (χ1n) is 6.67. The van der Waals surface area contributed by atoms with Gasteiger partial charge in [0.15, 0.2) is 4.77 Å². The Labute approximate surface area is 127 Å². The van der Waals surface area contributed by atoms with Gasteiger partial charge < -0.3 is 10.0 Å². The molecule has 2 N–H and O–H groups in total. The van der Waals surface area contributed by atoms with Crippen LogP contribution in [-0.2, 0) is 6.54 Å². The minimum Gasteiger partial charge on any atom is -0.494 e. The van der Waals surface area contributed by atoms with Crippen LogP contribution in [0.25, 0.3) is 0 Å². The van der Waals surface area contributed by atoms with Crippen molar-refractivity contribution in [3.05, 3.63) is 33.3 Å². The van der Waals surface area contributed by atoms with Crippen molar-refractivity contribution in [2.45, 2.75) is 6.54 Å². The van der Waals surface area contributed by atoms with Crippen LogP contribution in [0.5, 0.6) is 5.88 Å². The molecule has 21 heavy (non-hydrogen) atoms. The highest BCUT2D eigenvalue weighted by Crippen LogP contribution is 2.11. The van der Waals surface area contributed by atoms with Crippen molar-refractivity contribution < 1.29 is 5.11 Å². The van der Waals surface area contributed by atoms with E-state index in [9.17, 15) is 9.90 Å². The molecule has 2 rings (SSSR count). The predicted octanol–water partition coefficient (Wildman–Crippen LogP) is 0.379. The van der Waals surface area contributed by atoms with Crippen LogP contribution in [0.15, 0.2) is 22.6 Å². The molecular weight excluding hydrogens is 290 g/mol. The Balaban J connectivity index is 2.27. The molecule has 0 saturated carbocycles. The molecule has 0 unspecified atom stereocenters. The van der Waals surface area contributed by atoms with Crippen molar-refractivity contribution in [2.24, 2.45) is 5.10 Å². The average molecular weight is 309 g/mol. The molecule has 0 bridgehead atoms. The molecule has 8 heteroatoms. The molecule has 1 saturated heterocycles. The lowest BCUT2D eigenvalue weighted by atomic mass is 10.3. The highest BCUT2D eigenvalue weighted by atomic mass is 32.1. The Morgan fingerprint density at radius 1 is 1.43 bits per heavy atom. The summed E-state index contributed by atoms with van der Waals surface area (Å²) in [5, 5.41) is 16.3. The Bertz CT molecular complexity index is 656. The van der Waals surface area contributed by atoms with Crippen LogP contribution in [0.3, 0.4) is 0 Å². The quantitative estimate of drug-likeness (QED) is 0.478. The lowest BCUT2D eigenvalue weighted by Crippen LogP contribution is -2.41. The summed E-state index contributed by atoms with van der Waals surface area (Å²) in [6.45, 7) is 7.33. The first-order valence-corrected chi connectivity index (χ1v) is 7.08. The summed E-state index contributed by atoms with van der Waals surface area (Å²) in [4.78, 5) is 16.6. The molecule has 1 aliphatic rings. The van der Waals surface area contributed by atoms with Gasteiger partial charge in [-0.3, -0.25) is 19.4 Å². The number of aromatic nitrogens is 2. The van der Waals surface area contributed by atoms with Crippen LogP contribution in [-0.4, -0.2) is 64.0 Å². The number of aromatic amines is 1. The van der Waals surface area contributed by atoms with Crippen molar-refractivity contribution >= 4 is 18.4 Å². The van der Waals surface area contributed by atoms with E-state index in [1.54, 1.807) is 6.08 Å². The van der Waals surface area contributed by atoms with E-state index in [4.69, 9.17) is 12.2 Å². The van der Waals surface area contributed by atoms with E-state index in [1.807, 2.05) is 5.01 Å². The summed E-state index contributed by atoms with van der Waals surface area (Å²) in [6, 6.07) is 0. The van der Waals surface area contributed by atoms with E-state index < -0.39 is 5.56 Å².